The molecule has 1 N–H and O–H groups in total. The second-order valence-corrected chi connectivity index (χ2v) is 9.31. The zero-order chi connectivity index (χ0) is 22.0. The summed E-state index contributed by atoms with van der Waals surface area (Å²) in [5.41, 5.74) is 4.19. The molecule has 1 saturated carbocycles. The summed E-state index contributed by atoms with van der Waals surface area (Å²) in [6.07, 6.45) is 3.86. The number of hydrogen-bond donors (Lipinski definition) is 1. The van der Waals surface area contributed by atoms with Crippen LogP contribution in [-0.2, 0) is 17.6 Å². The maximum Gasteiger partial charge on any atom is 0.230 e. The molecule has 0 unspecified atom stereocenters. The number of benzene rings is 2. The minimum Gasteiger partial charge on any atom is -0.353 e. The topological polar surface area (TPSA) is 59.8 Å². The molecule has 4 rings (SSSR count). The van der Waals surface area contributed by atoms with Gasteiger partial charge in [0.2, 0.25) is 5.91 Å². The number of para-hydroxylation sites is 1. The Balaban J connectivity index is 1.82. The normalized spacial score (nSPS) is 13.4. The number of nitrogens with zero attached hydrogens (tertiary/aromatic N) is 3. The van der Waals surface area contributed by atoms with Crippen molar-refractivity contribution in [2.45, 2.75) is 50.7 Å². The first-order valence-corrected chi connectivity index (χ1v) is 12.2. The van der Waals surface area contributed by atoms with Crippen LogP contribution in [0.1, 0.15) is 37.8 Å². The van der Waals surface area contributed by atoms with Crippen molar-refractivity contribution in [3.05, 3.63) is 57.6 Å². The zero-order valence-corrected chi connectivity index (χ0v) is 19.8. The molecule has 0 aliphatic heterocycles. The van der Waals surface area contributed by atoms with Gasteiger partial charge in [-0.2, -0.15) is 0 Å². The summed E-state index contributed by atoms with van der Waals surface area (Å²) in [5.74, 6) is 0.952. The van der Waals surface area contributed by atoms with Gasteiger partial charge in [0.05, 0.1) is 16.5 Å². The molecule has 0 atom stereocenters. The molecule has 3 aromatic rings. The molecule has 162 valence electrons. The average Bonchev–Trinajstić information content (AvgIpc) is 3.48. The monoisotopic (exact) mass is 474 g/mol. The third kappa shape index (κ3) is 4.92. The smallest absolute Gasteiger partial charge is 0.230 e. The molecule has 0 saturated heterocycles. The molecular formula is C23H24Cl2N4OS. The van der Waals surface area contributed by atoms with Gasteiger partial charge in [0.1, 0.15) is 0 Å². The molecule has 1 amide bonds. The summed E-state index contributed by atoms with van der Waals surface area (Å²) >= 11 is 14.0. The first kappa shape index (κ1) is 22.2. The van der Waals surface area contributed by atoms with E-state index < -0.39 is 0 Å². The van der Waals surface area contributed by atoms with Gasteiger partial charge in [-0.25, -0.2) is 0 Å². The van der Waals surface area contributed by atoms with Crippen LogP contribution < -0.4 is 5.32 Å². The van der Waals surface area contributed by atoms with Crippen LogP contribution in [0.3, 0.4) is 0 Å². The van der Waals surface area contributed by atoms with Gasteiger partial charge in [0, 0.05) is 16.6 Å². The fraction of sp³-hybridized carbons (Fsp3) is 0.348. The largest absolute Gasteiger partial charge is 0.353 e. The van der Waals surface area contributed by atoms with Crippen LogP contribution in [0.15, 0.2) is 41.6 Å². The zero-order valence-electron chi connectivity index (χ0n) is 17.5. The minimum absolute atomic E-state index is 0.0209. The first-order valence-electron chi connectivity index (χ1n) is 10.5. The third-order valence-corrected chi connectivity index (χ3v) is 6.75. The molecular weight excluding hydrogens is 451 g/mol. The number of nitrogens with one attached hydrogen (secondary N) is 1. The molecule has 31 heavy (non-hydrogen) atoms. The van der Waals surface area contributed by atoms with Crippen molar-refractivity contribution in [3.63, 3.8) is 0 Å². The van der Waals surface area contributed by atoms with Gasteiger partial charge in [-0.15, -0.1) is 10.2 Å². The maximum absolute atomic E-state index is 12.3. The molecule has 0 spiro atoms. The van der Waals surface area contributed by atoms with E-state index in [1.165, 1.54) is 22.9 Å². The third-order valence-electron chi connectivity index (χ3n) is 5.27. The van der Waals surface area contributed by atoms with Crippen molar-refractivity contribution in [1.29, 1.82) is 0 Å². The van der Waals surface area contributed by atoms with Crippen LogP contribution in [0, 0.1) is 0 Å². The Kier molecular flexibility index (Phi) is 6.89. The van der Waals surface area contributed by atoms with E-state index in [0.29, 0.717) is 32.8 Å². The number of halogens is 2. The van der Waals surface area contributed by atoms with Gasteiger partial charge < -0.3 is 5.32 Å². The molecule has 8 heteroatoms. The fourth-order valence-corrected chi connectivity index (χ4v) is 4.78. The van der Waals surface area contributed by atoms with Crippen LogP contribution in [0.2, 0.25) is 10.0 Å². The van der Waals surface area contributed by atoms with Crippen molar-refractivity contribution in [2.24, 2.45) is 0 Å². The SMILES string of the molecule is CCc1cccc(CC)c1-n1c(SCC(=O)NC2CC2)nnc1-c1ccc(Cl)cc1Cl. The van der Waals surface area contributed by atoms with E-state index in [-0.39, 0.29) is 5.91 Å². The number of aryl methyl sites for hydroxylation is 2. The van der Waals surface area contributed by atoms with E-state index >= 15 is 0 Å². The molecule has 1 aliphatic rings. The summed E-state index contributed by atoms with van der Waals surface area (Å²) in [6, 6.07) is 12.0. The Morgan fingerprint density at radius 1 is 1.13 bits per heavy atom. The number of carbonyl (C=O) groups is 1. The van der Waals surface area contributed by atoms with E-state index in [1.807, 2.05) is 10.6 Å². The summed E-state index contributed by atoms with van der Waals surface area (Å²) in [7, 11) is 0. The Labute approximate surface area is 196 Å². The van der Waals surface area contributed by atoms with Gasteiger partial charge in [-0.3, -0.25) is 9.36 Å². The maximum atomic E-state index is 12.3. The molecule has 0 bridgehead atoms. The van der Waals surface area contributed by atoms with Crippen LogP contribution in [0.4, 0.5) is 0 Å². The van der Waals surface area contributed by atoms with Gasteiger partial charge in [0.25, 0.3) is 0 Å². The van der Waals surface area contributed by atoms with E-state index in [0.717, 1.165) is 36.9 Å². The predicted molar refractivity (Wildman–Crippen MR) is 127 cm³/mol. The van der Waals surface area contributed by atoms with Gasteiger partial charge >= 0.3 is 0 Å². The number of amides is 1. The fourth-order valence-electron chi connectivity index (χ4n) is 3.54. The van der Waals surface area contributed by atoms with E-state index in [2.05, 4.69) is 47.6 Å². The summed E-state index contributed by atoms with van der Waals surface area (Å²) in [5, 5.41) is 13.7. The lowest BCUT2D eigenvalue weighted by molar-refractivity contribution is -0.118. The number of thioether (sulfide) groups is 1. The lowest BCUT2D eigenvalue weighted by Gasteiger charge is -2.18. The van der Waals surface area contributed by atoms with Crippen LogP contribution in [0.5, 0.6) is 0 Å². The van der Waals surface area contributed by atoms with E-state index in [9.17, 15) is 4.79 Å². The van der Waals surface area contributed by atoms with Crippen molar-refractivity contribution in [1.82, 2.24) is 20.1 Å². The Bertz CT molecular complexity index is 1090. The highest BCUT2D eigenvalue weighted by molar-refractivity contribution is 7.99. The van der Waals surface area contributed by atoms with Gasteiger partial charge in [-0.05, 0) is 55.0 Å². The standard InChI is InChI=1S/C23H24Cl2N4OS/c1-3-14-6-5-7-15(4-2)21(14)29-22(18-11-8-16(24)12-19(18)25)27-28-23(29)31-13-20(30)26-17-9-10-17/h5-8,11-12,17H,3-4,9-10,13H2,1-2H3,(H,26,30). The summed E-state index contributed by atoms with van der Waals surface area (Å²) < 4.78 is 2.04. The van der Waals surface area contributed by atoms with Gasteiger partial charge in [-0.1, -0.05) is 67.0 Å². The molecule has 1 aromatic heterocycles. The number of carbonyl (C=O) groups excluding carboxylic acids is 1. The van der Waals surface area contributed by atoms with Crippen LogP contribution in [-0.4, -0.2) is 32.5 Å². The summed E-state index contributed by atoms with van der Waals surface area (Å²) in [6.45, 7) is 4.26. The second kappa shape index (κ2) is 9.63. The highest BCUT2D eigenvalue weighted by Crippen LogP contribution is 2.36. The van der Waals surface area contributed by atoms with Gasteiger partial charge in [0.15, 0.2) is 11.0 Å². The highest BCUT2D eigenvalue weighted by Gasteiger charge is 2.25. The number of rotatable bonds is 8. The molecule has 2 aromatic carbocycles. The Hall–Kier alpha value is -2.02. The van der Waals surface area contributed by atoms with Crippen molar-refractivity contribution >= 4 is 40.9 Å². The molecule has 1 aliphatic carbocycles. The van der Waals surface area contributed by atoms with Crippen molar-refractivity contribution in [2.75, 3.05) is 5.75 Å². The molecule has 0 radical (unpaired) electrons. The number of aromatic nitrogens is 3. The first-order chi connectivity index (χ1) is 15.0. The Morgan fingerprint density at radius 2 is 1.84 bits per heavy atom. The van der Waals surface area contributed by atoms with E-state index in [1.54, 1.807) is 12.1 Å². The van der Waals surface area contributed by atoms with E-state index in [4.69, 9.17) is 23.2 Å². The number of hydrogen-bond acceptors (Lipinski definition) is 4. The average molecular weight is 475 g/mol. The minimum atomic E-state index is 0.0209. The predicted octanol–water partition coefficient (Wildman–Crippen LogP) is 5.74. The van der Waals surface area contributed by atoms with Crippen LogP contribution in [0.25, 0.3) is 17.1 Å². The highest BCUT2D eigenvalue weighted by atomic mass is 35.5. The second-order valence-electron chi connectivity index (χ2n) is 7.53. The lowest BCUT2D eigenvalue weighted by Crippen LogP contribution is -2.27. The molecule has 5 nitrogen and oxygen atoms in total. The van der Waals surface area contributed by atoms with Crippen LogP contribution >= 0.6 is 35.0 Å². The van der Waals surface area contributed by atoms with Crippen molar-refractivity contribution < 1.29 is 4.79 Å². The molecule has 1 heterocycles. The van der Waals surface area contributed by atoms with Crippen molar-refractivity contribution in [3.8, 4) is 17.1 Å². The summed E-state index contributed by atoms with van der Waals surface area (Å²) in [4.78, 5) is 12.3. The molecule has 1 fully saturated rings. The quantitative estimate of drug-likeness (QED) is 0.423. The Morgan fingerprint density at radius 3 is 2.45 bits per heavy atom. The lowest BCUT2D eigenvalue weighted by atomic mass is 10.0.